The van der Waals surface area contributed by atoms with Gasteiger partial charge in [-0.1, -0.05) is 11.6 Å². The number of hydrogen-bond acceptors (Lipinski definition) is 4. The molecule has 1 aromatic carbocycles. The number of rotatable bonds is 3. The third kappa shape index (κ3) is 2.96. The van der Waals surface area contributed by atoms with E-state index in [1.807, 2.05) is 0 Å². The molecule has 2 rings (SSSR count). The van der Waals surface area contributed by atoms with Gasteiger partial charge in [-0.15, -0.1) is 0 Å². The fourth-order valence-electron chi connectivity index (χ4n) is 2.10. The minimum absolute atomic E-state index is 0.0809. The predicted octanol–water partition coefficient (Wildman–Crippen LogP) is 1.35. The molecule has 0 amide bonds. The monoisotopic (exact) mass is 322 g/mol. The van der Waals surface area contributed by atoms with Crippen molar-refractivity contribution in [3.63, 3.8) is 0 Å². The van der Waals surface area contributed by atoms with E-state index in [2.05, 4.69) is 0 Å². The summed E-state index contributed by atoms with van der Waals surface area (Å²) in [5, 5.41) is 0.145. The van der Waals surface area contributed by atoms with Crippen LogP contribution in [-0.2, 0) is 21.3 Å². The molecule has 1 aromatic rings. The first kappa shape index (κ1) is 15.7. The van der Waals surface area contributed by atoms with Crippen LogP contribution in [0.15, 0.2) is 17.0 Å². The van der Waals surface area contributed by atoms with E-state index >= 15 is 0 Å². The van der Waals surface area contributed by atoms with Gasteiger partial charge in [0.25, 0.3) is 0 Å². The second-order valence-electron chi connectivity index (χ2n) is 4.63. The van der Waals surface area contributed by atoms with Gasteiger partial charge in [-0.3, -0.25) is 0 Å². The Morgan fingerprint density at radius 1 is 1.55 bits per heavy atom. The number of nitrogens with two attached hydrogens (primary N) is 1. The van der Waals surface area contributed by atoms with Crippen molar-refractivity contribution < 1.29 is 17.5 Å². The molecule has 1 saturated heterocycles. The fourth-order valence-corrected chi connectivity index (χ4v) is 4.04. The number of sulfonamides is 1. The summed E-state index contributed by atoms with van der Waals surface area (Å²) >= 11 is 5.84. The summed E-state index contributed by atoms with van der Waals surface area (Å²) in [6.45, 7) is 2.31. The summed E-state index contributed by atoms with van der Waals surface area (Å²) in [5.74, 6) is -0.837. The maximum Gasteiger partial charge on any atom is 0.246 e. The van der Waals surface area contributed by atoms with Gasteiger partial charge in [0.1, 0.15) is 10.7 Å². The van der Waals surface area contributed by atoms with Crippen LogP contribution < -0.4 is 5.73 Å². The van der Waals surface area contributed by atoms with Crippen molar-refractivity contribution >= 4 is 21.6 Å². The second kappa shape index (κ2) is 5.95. The third-order valence-electron chi connectivity index (χ3n) is 3.12. The topological polar surface area (TPSA) is 72.6 Å². The molecule has 0 saturated carbocycles. The van der Waals surface area contributed by atoms with Crippen molar-refractivity contribution in [3.05, 3.63) is 28.5 Å². The van der Waals surface area contributed by atoms with Gasteiger partial charge in [0.15, 0.2) is 0 Å². The van der Waals surface area contributed by atoms with E-state index < -0.39 is 20.7 Å². The molecular weight excluding hydrogens is 307 g/mol. The first-order valence-electron chi connectivity index (χ1n) is 6.16. The van der Waals surface area contributed by atoms with E-state index in [0.29, 0.717) is 0 Å². The van der Waals surface area contributed by atoms with E-state index in [0.717, 1.165) is 6.07 Å². The Bertz CT molecular complexity index is 609. The lowest BCUT2D eigenvalue weighted by Crippen LogP contribution is -2.44. The summed E-state index contributed by atoms with van der Waals surface area (Å²) in [5.41, 5.74) is 5.49. The van der Waals surface area contributed by atoms with Crippen molar-refractivity contribution in [1.82, 2.24) is 4.31 Å². The van der Waals surface area contributed by atoms with Crippen LogP contribution in [-0.4, -0.2) is 38.5 Å². The highest BCUT2D eigenvalue weighted by atomic mass is 35.5. The Labute approximate surface area is 122 Å². The second-order valence-corrected chi connectivity index (χ2v) is 6.97. The minimum atomic E-state index is -3.94. The van der Waals surface area contributed by atoms with Gasteiger partial charge in [0, 0.05) is 30.2 Å². The zero-order valence-electron chi connectivity index (χ0n) is 11.0. The quantitative estimate of drug-likeness (QED) is 0.911. The standard InChI is InChI=1S/C12H16ClFN2O3S/c1-8-7-16(2-3-19-8)20(17,18)11-5-10(13)4-9(6-15)12(11)14/h4-5,8H,2-3,6-7,15H2,1H3. The van der Waals surface area contributed by atoms with E-state index in [-0.39, 0.29) is 42.9 Å². The number of benzene rings is 1. The van der Waals surface area contributed by atoms with E-state index in [1.165, 1.54) is 10.4 Å². The van der Waals surface area contributed by atoms with Crippen molar-refractivity contribution in [3.8, 4) is 0 Å². The molecule has 2 N–H and O–H groups in total. The SMILES string of the molecule is CC1CN(S(=O)(=O)c2cc(Cl)cc(CN)c2F)CCO1. The first-order valence-corrected chi connectivity index (χ1v) is 7.97. The highest BCUT2D eigenvalue weighted by molar-refractivity contribution is 7.89. The molecule has 1 atom stereocenters. The largest absolute Gasteiger partial charge is 0.376 e. The van der Waals surface area contributed by atoms with Gasteiger partial charge in [0.05, 0.1) is 12.7 Å². The van der Waals surface area contributed by atoms with Crippen molar-refractivity contribution in [2.24, 2.45) is 5.73 Å². The van der Waals surface area contributed by atoms with Crippen LogP contribution in [0.3, 0.4) is 0 Å². The fraction of sp³-hybridized carbons (Fsp3) is 0.500. The van der Waals surface area contributed by atoms with Crippen molar-refractivity contribution in [2.75, 3.05) is 19.7 Å². The molecule has 20 heavy (non-hydrogen) atoms. The van der Waals surface area contributed by atoms with E-state index in [9.17, 15) is 12.8 Å². The zero-order valence-corrected chi connectivity index (χ0v) is 12.5. The Hall–Kier alpha value is -0.730. The highest BCUT2D eigenvalue weighted by Crippen LogP contribution is 2.27. The molecule has 1 fully saturated rings. The molecule has 0 spiro atoms. The molecule has 1 unspecified atom stereocenters. The Morgan fingerprint density at radius 3 is 2.85 bits per heavy atom. The molecule has 1 heterocycles. The molecule has 5 nitrogen and oxygen atoms in total. The Morgan fingerprint density at radius 2 is 2.25 bits per heavy atom. The van der Waals surface area contributed by atoms with Crippen molar-refractivity contribution in [2.45, 2.75) is 24.5 Å². The van der Waals surface area contributed by atoms with Crippen LogP contribution in [0.1, 0.15) is 12.5 Å². The minimum Gasteiger partial charge on any atom is -0.376 e. The molecule has 8 heteroatoms. The summed E-state index contributed by atoms with van der Waals surface area (Å²) in [7, 11) is -3.94. The lowest BCUT2D eigenvalue weighted by molar-refractivity contribution is 0.0101. The summed E-state index contributed by atoms with van der Waals surface area (Å²) in [6.07, 6.45) is -0.227. The normalized spacial score (nSPS) is 21.1. The lowest BCUT2D eigenvalue weighted by Gasteiger charge is -2.30. The van der Waals surface area contributed by atoms with E-state index in [1.54, 1.807) is 6.92 Å². The van der Waals surface area contributed by atoms with Crippen molar-refractivity contribution in [1.29, 1.82) is 0 Å². The maximum absolute atomic E-state index is 14.2. The lowest BCUT2D eigenvalue weighted by atomic mass is 10.2. The molecule has 0 aromatic heterocycles. The van der Waals surface area contributed by atoms with Crippen LogP contribution in [0.25, 0.3) is 0 Å². The van der Waals surface area contributed by atoms with Gasteiger partial charge in [-0.25, -0.2) is 12.8 Å². The number of morpholine rings is 1. The number of halogens is 2. The van der Waals surface area contributed by atoms with Gasteiger partial charge < -0.3 is 10.5 Å². The highest BCUT2D eigenvalue weighted by Gasteiger charge is 2.32. The van der Waals surface area contributed by atoms with E-state index in [4.69, 9.17) is 22.1 Å². The van der Waals surface area contributed by atoms with Crippen LogP contribution in [0.5, 0.6) is 0 Å². The Kier molecular flexibility index (Phi) is 4.66. The smallest absolute Gasteiger partial charge is 0.246 e. The molecular formula is C12H16ClFN2O3S. The molecule has 1 aliphatic heterocycles. The summed E-state index contributed by atoms with van der Waals surface area (Å²) in [6, 6.07) is 2.45. The maximum atomic E-state index is 14.2. The molecule has 0 aliphatic carbocycles. The molecule has 0 radical (unpaired) electrons. The number of hydrogen-bond donors (Lipinski definition) is 1. The predicted molar refractivity (Wildman–Crippen MR) is 73.5 cm³/mol. The Balaban J connectivity index is 2.46. The number of ether oxygens (including phenoxy) is 1. The van der Waals surface area contributed by atoms with Gasteiger partial charge in [0.2, 0.25) is 10.0 Å². The average Bonchev–Trinajstić information content (AvgIpc) is 2.40. The van der Waals surface area contributed by atoms with Gasteiger partial charge in [-0.2, -0.15) is 4.31 Å². The summed E-state index contributed by atoms with van der Waals surface area (Å²) in [4.78, 5) is -0.431. The summed E-state index contributed by atoms with van der Waals surface area (Å²) < 4.78 is 45.7. The first-order chi connectivity index (χ1) is 9.36. The average molecular weight is 323 g/mol. The van der Waals surface area contributed by atoms with Crippen LogP contribution in [0.4, 0.5) is 4.39 Å². The molecule has 0 bridgehead atoms. The van der Waals surface area contributed by atoms with Crippen LogP contribution >= 0.6 is 11.6 Å². The van der Waals surface area contributed by atoms with Gasteiger partial charge in [-0.05, 0) is 19.1 Å². The third-order valence-corrected chi connectivity index (χ3v) is 5.20. The van der Waals surface area contributed by atoms with Crippen LogP contribution in [0, 0.1) is 5.82 Å². The molecule has 112 valence electrons. The molecule has 1 aliphatic rings. The number of nitrogens with zero attached hydrogens (tertiary/aromatic N) is 1. The van der Waals surface area contributed by atoms with Gasteiger partial charge >= 0.3 is 0 Å². The van der Waals surface area contributed by atoms with Crippen LogP contribution in [0.2, 0.25) is 5.02 Å². The zero-order chi connectivity index (χ0) is 14.9.